The molecule has 5 nitrogen and oxygen atoms in total. The number of hydrogen-bond acceptors (Lipinski definition) is 5. The van der Waals surface area contributed by atoms with Gasteiger partial charge in [0.05, 0.1) is 0 Å². The Labute approximate surface area is 152 Å². The number of rotatable bonds is 7. The van der Waals surface area contributed by atoms with E-state index in [1.54, 1.807) is 24.4 Å². The summed E-state index contributed by atoms with van der Waals surface area (Å²) in [7, 11) is 0. The molecule has 1 heterocycles. The van der Waals surface area contributed by atoms with E-state index < -0.39 is 0 Å². The Hall–Kier alpha value is -3.15. The van der Waals surface area contributed by atoms with Gasteiger partial charge in [0.25, 0.3) is 0 Å². The highest BCUT2D eigenvalue weighted by molar-refractivity contribution is 5.62. The first kappa shape index (κ1) is 17.7. The molecule has 26 heavy (non-hydrogen) atoms. The minimum Gasteiger partial charge on any atom is -0.372 e. The standard InChI is InChI=1S/C20H22FN5/c1-3-26(4-2)18-11-9-16(10-12-18)23-19-13-14-22-20(25-19)24-17-7-5-15(21)6-8-17/h5-14H,3-4H2,1-2H3,(H2,22,23,24,25). The van der Waals surface area contributed by atoms with Crippen LogP contribution in [-0.4, -0.2) is 23.1 Å². The van der Waals surface area contributed by atoms with Gasteiger partial charge in [0, 0.05) is 36.3 Å². The number of nitrogens with zero attached hydrogens (tertiary/aromatic N) is 3. The van der Waals surface area contributed by atoms with Gasteiger partial charge in [0.2, 0.25) is 5.95 Å². The molecular weight excluding hydrogens is 329 g/mol. The zero-order valence-corrected chi connectivity index (χ0v) is 14.9. The van der Waals surface area contributed by atoms with Gasteiger partial charge in [-0.25, -0.2) is 9.37 Å². The second-order valence-corrected chi connectivity index (χ2v) is 5.74. The highest BCUT2D eigenvalue weighted by Crippen LogP contribution is 2.21. The average Bonchev–Trinajstić information content (AvgIpc) is 2.66. The third-order valence-corrected chi connectivity index (χ3v) is 4.02. The van der Waals surface area contributed by atoms with E-state index in [4.69, 9.17) is 0 Å². The van der Waals surface area contributed by atoms with Gasteiger partial charge in [-0.2, -0.15) is 4.98 Å². The van der Waals surface area contributed by atoms with Crippen molar-refractivity contribution in [2.24, 2.45) is 0 Å². The zero-order chi connectivity index (χ0) is 18.4. The van der Waals surface area contributed by atoms with Crippen LogP contribution in [0.4, 0.5) is 33.2 Å². The monoisotopic (exact) mass is 351 g/mol. The van der Waals surface area contributed by atoms with E-state index in [1.807, 2.05) is 12.1 Å². The van der Waals surface area contributed by atoms with Gasteiger partial charge in [-0.15, -0.1) is 0 Å². The molecule has 134 valence electrons. The molecule has 0 aliphatic rings. The van der Waals surface area contributed by atoms with Crippen molar-refractivity contribution in [1.29, 1.82) is 0 Å². The van der Waals surface area contributed by atoms with Crippen LogP contribution in [0.1, 0.15) is 13.8 Å². The SMILES string of the molecule is CCN(CC)c1ccc(Nc2ccnc(Nc3ccc(F)cc3)n2)cc1. The van der Waals surface area contributed by atoms with E-state index in [0.29, 0.717) is 11.8 Å². The number of halogens is 1. The molecule has 0 spiro atoms. The zero-order valence-electron chi connectivity index (χ0n) is 14.9. The van der Waals surface area contributed by atoms with Gasteiger partial charge in [-0.3, -0.25) is 0 Å². The van der Waals surface area contributed by atoms with Crippen molar-refractivity contribution in [3.05, 3.63) is 66.6 Å². The normalized spacial score (nSPS) is 10.4. The summed E-state index contributed by atoms with van der Waals surface area (Å²) in [6, 6.07) is 16.1. The maximum atomic E-state index is 13.0. The van der Waals surface area contributed by atoms with Crippen molar-refractivity contribution < 1.29 is 4.39 Å². The number of aromatic nitrogens is 2. The summed E-state index contributed by atoms with van der Waals surface area (Å²) in [6.45, 7) is 6.25. The lowest BCUT2D eigenvalue weighted by molar-refractivity contribution is 0.628. The third kappa shape index (κ3) is 4.47. The summed E-state index contributed by atoms with van der Waals surface area (Å²) in [4.78, 5) is 10.9. The molecule has 0 aliphatic carbocycles. The van der Waals surface area contributed by atoms with E-state index in [0.717, 1.165) is 24.5 Å². The van der Waals surface area contributed by atoms with Crippen LogP contribution in [0.5, 0.6) is 0 Å². The van der Waals surface area contributed by atoms with Gasteiger partial charge in [0.15, 0.2) is 0 Å². The van der Waals surface area contributed by atoms with Gasteiger partial charge >= 0.3 is 0 Å². The second-order valence-electron chi connectivity index (χ2n) is 5.74. The first-order valence-electron chi connectivity index (χ1n) is 8.65. The minimum atomic E-state index is -0.278. The lowest BCUT2D eigenvalue weighted by Gasteiger charge is -2.21. The quantitative estimate of drug-likeness (QED) is 0.631. The summed E-state index contributed by atoms with van der Waals surface area (Å²) in [5.74, 6) is 0.849. The lowest BCUT2D eigenvalue weighted by atomic mass is 10.2. The van der Waals surface area contributed by atoms with Crippen molar-refractivity contribution in [3.8, 4) is 0 Å². The van der Waals surface area contributed by atoms with Crippen molar-refractivity contribution >= 4 is 28.8 Å². The first-order chi connectivity index (χ1) is 12.7. The molecule has 0 radical (unpaired) electrons. The Balaban J connectivity index is 1.69. The largest absolute Gasteiger partial charge is 0.372 e. The molecule has 0 fully saturated rings. The van der Waals surface area contributed by atoms with E-state index in [1.165, 1.54) is 17.8 Å². The van der Waals surface area contributed by atoms with Crippen molar-refractivity contribution in [1.82, 2.24) is 9.97 Å². The van der Waals surface area contributed by atoms with Crippen molar-refractivity contribution in [2.45, 2.75) is 13.8 Å². The predicted molar refractivity (Wildman–Crippen MR) is 105 cm³/mol. The Kier molecular flexibility index (Phi) is 5.63. The summed E-state index contributed by atoms with van der Waals surface area (Å²) < 4.78 is 13.0. The minimum absolute atomic E-state index is 0.278. The highest BCUT2D eigenvalue weighted by atomic mass is 19.1. The number of nitrogens with one attached hydrogen (secondary N) is 2. The summed E-state index contributed by atoms with van der Waals surface area (Å²) in [5, 5.41) is 6.33. The molecule has 3 aromatic rings. The first-order valence-corrected chi connectivity index (χ1v) is 8.65. The molecule has 0 atom stereocenters. The second kappa shape index (κ2) is 8.29. The number of hydrogen-bond donors (Lipinski definition) is 2. The van der Waals surface area contributed by atoms with E-state index >= 15 is 0 Å². The van der Waals surface area contributed by atoms with Crippen molar-refractivity contribution in [3.63, 3.8) is 0 Å². The molecule has 0 unspecified atom stereocenters. The van der Waals surface area contributed by atoms with Crippen LogP contribution in [0, 0.1) is 5.82 Å². The average molecular weight is 351 g/mol. The maximum absolute atomic E-state index is 13.0. The fraction of sp³-hybridized carbons (Fsp3) is 0.200. The molecule has 0 aliphatic heterocycles. The Morgan fingerprint density at radius 1 is 0.846 bits per heavy atom. The molecule has 0 saturated heterocycles. The van der Waals surface area contributed by atoms with Crippen molar-refractivity contribution in [2.75, 3.05) is 28.6 Å². The molecule has 1 aromatic heterocycles. The van der Waals surface area contributed by atoms with Crippen LogP contribution < -0.4 is 15.5 Å². The van der Waals surface area contributed by atoms with E-state index in [-0.39, 0.29) is 5.82 Å². The Morgan fingerprint density at radius 3 is 2.12 bits per heavy atom. The molecule has 3 rings (SSSR count). The Morgan fingerprint density at radius 2 is 1.46 bits per heavy atom. The summed E-state index contributed by atoms with van der Waals surface area (Å²) >= 11 is 0. The molecule has 6 heteroatoms. The van der Waals surface area contributed by atoms with Crippen LogP contribution in [0.25, 0.3) is 0 Å². The van der Waals surface area contributed by atoms with Crippen LogP contribution in [0.2, 0.25) is 0 Å². The van der Waals surface area contributed by atoms with Gasteiger partial charge in [-0.05, 0) is 68.4 Å². The van der Waals surface area contributed by atoms with Crippen LogP contribution >= 0.6 is 0 Å². The van der Waals surface area contributed by atoms with Gasteiger partial charge in [0.1, 0.15) is 11.6 Å². The summed E-state index contributed by atoms with van der Waals surface area (Å²) in [5.41, 5.74) is 2.88. The topological polar surface area (TPSA) is 53.1 Å². The molecule has 2 aromatic carbocycles. The lowest BCUT2D eigenvalue weighted by Crippen LogP contribution is -2.21. The third-order valence-electron chi connectivity index (χ3n) is 4.02. The molecule has 2 N–H and O–H groups in total. The smallest absolute Gasteiger partial charge is 0.229 e. The molecule has 0 saturated carbocycles. The van der Waals surface area contributed by atoms with E-state index in [2.05, 4.69) is 51.5 Å². The summed E-state index contributed by atoms with van der Waals surface area (Å²) in [6.07, 6.45) is 1.67. The molecular formula is C20H22FN5. The molecule has 0 bridgehead atoms. The van der Waals surface area contributed by atoms with Gasteiger partial charge in [-0.1, -0.05) is 0 Å². The Bertz CT molecular complexity index is 830. The van der Waals surface area contributed by atoms with Crippen LogP contribution in [-0.2, 0) is 0 Å². The van der Waals surface area contributed by atoms with E-state index in [9.17, 15) is 4.39 Å². The van der Waals surface area contributed by atoms with Crippen LogP contribution in [0.15, 0.2) is 60.8 Å². The fourth-order valence-corrected chi connectivity index (χ4v) is 2.64. The maximum Gasteiger partial charge on any atom is 0.229 e. The van der Waals surface area contributed by atoms with Crippen LogP contribution in [0.3, 0.4) is 0 Å². The number of benzene rings is 2. The highest BCUT2D eigenvalue weighted by Gasteiger charge is 2.04. The fourth-order valence-electron chi connectivity index (χ4n) is 2.64. The number of anilines is 5. The predicted octanol–water partition coefficient (Wildman–Crippen LogP) is 4.95. The molecule has 0 amide bonds. The van der Waals surface area contributed by atoms with Gasteiger partial charge < -0.3 is 15.5 Å².